The lowest BCUT2D eigenvalue weighted by atomic mass is 10.1. The van der Waals surface area contributed by atoms with Crippen molar-refractivity contribution in [3.8, 4) is 0 Å². The molecule has 0 aliphatic rings. The number of carbonyl (C=O) groups is 2. The van der Waals surface area contributed by atoms with Crippen molar-refractivity contribution in [1.29, 1.82) is 0 Å². The van der Waals surface area contributed by atoms with E-state index in [4.69, 9.17) is 18.5 Å². The van der Waals surface area contributed by atoms with Crippen molar-refractivity contribution in [2.24, 2.45) is 0 Å². The molecular formula is C50H81NO8P+. The van der Waals surface area contributed by atoms with Gasteiger partial charge in [0.25, 0.3) is 0 Å². The Balaban J connectivity index is 4.57. The average molecular weight is 855 g/mol. The summed E-state index contributed by atoms with van der Waals surface area (Å²) in [5.41, 5.74) is 0. The highest BCUT2D eigenvalue weighted by Gasteiger charge is 2.27. The normalized spacial score (nSPS) is 14.7. The molecule has 0 saturated carbocycles. The zero-order chi connectivity index (χ0) is 44.3. The van der Waals surface area contributed by atoms with Crippen LogP contribution in [0.3, 0.4) is 0 Å². The highest BCUT2D eigenvalue weighted by atomic mass is 31.2. The van der Waals surface area contributed by atoms with E-state index in [0.717, 1.165) is 83.5 Å². The standard InChI is InChI=1S/C50H80NO8P/c1-6-8-10-12-14-16-18-20-22-24-25-27-29-31-33-35-37-39-41-43-50(53)59-48(47-58-60(54,55)57-45-44-51(3,4)5)46-56-49(52)42-40-38-36-34-32-30-28-26-23-21-19-17-15-13-11-9-7-2/h8,10-11,13-14,16-17,19-20,22-23,25-27,30-33,37,39,48H,6-7,9,12,15,18,21,24,28-29,34-36,38,40-47H2,1-5H3/p+1/b10-8+,13-11+,16-14+,19-17+,22-20+,26-23+,27-25+,32-30+,33-31+,39-37+/t48-/m1/s1. The number of ether oxygens (including phenoxy) is 2. The van der Waals surface area contributed by atoms with Crippen molar-refractivity contribution in [2.45, 2.75) is 136 Å². The van der Waals surface area contributed by atoms with Gasteiger partial charge in [0.15, 0.2) is 6.10 Å². The summed E-state index contributed by atoms with van der Waals surface area (Å²) in [5.74, 6) is -0.948. The molecule has 0 amide bonds. The molecule has 0 aliphatic carbocycles. The molecule has 0 bridgehead atoms. The van der Waals surface area contributed by atoms with Gasteiger partial charge in [0.05, 0.1) is 27.7 Å². The molecule has 0 saturated heterocycles. The lowest BCUT2D eigenvalue weighted by Crippen LogP contribution is -2.37. The van der Waals surface area contributed by atoms with Crippen molar-refractivity contribution >= 4 is 19.8 Å². The average Bonchev–Trinajstić information content (AvgIpc) is 3.20. The number of hydrogen-bond donors (Lipinski definition) is 1. The number of rotatable bonds is 38. The van der Waals surface area contributed by atoms with Crippen molar-refractivity contribution in [1.82, 2.24) is 0 Å². The summed E-state index contributed by atoms with van der Waals surface area (Å²) in [4.78, 5) is 35.4. The smallest absolute Gasteiger partial charge is 0.462 e. The van der Waals surface area contributed by atoms with E-state index in [-0.39, 0.29) is 26.1 Å². The van der Waals surface area contributed by atoms with E-state index >= 15 is 0 Å². The minimum absolute atomic E-state index is 0.00497. The maximum absolute atomic E-state index is 12.7. The van der Waals surface area contributed by atoms with Gasteiger partial charge in [-0.25, -0.2) is 4.57 Å². The van der Waals surface area contributed by atoms with Gasteiger partial charge in [-0.3, -0.25) is 18.6 Å². The Morgan fingerprint density at radius 2 is 0.983 bits per heavy atom. The predicted octanol–water partition coefficient (Wildman–Crippen LogP) is 12.9. The molecule has 10 heteroatoms. The zero-order valence-electron chi connectivity index (χ0n) is 37.9. The quantitative estimate of drug-likeness (QED) is 0.0215. The number of hydrogen-bond acceptors (Lipinski definition) is 7. The molecule has 9 nitrogen and oxygen atoms in total. The van der Waals surface area contributed by atoms with Crippen LogP contribution in [0.4, 0.5) is 0 Å². The fraction of sp³-hybridized carbons (Fsp3) is 0.560. The molecule has 0 rings (SSSR count). The van der Waals surface area contributed by atoms with Crippen molar-refractivity contribution < 1.29 is 42.1 Å². The molecule has 2 atom stereocenters. The van der Waals surface area contributed by atoms with Gasteiger partial charge in [0, 0.05) is 12.8 Å². The maximum Gasteiger partial charge on any atom is 0.472 e. The number of allylic oxidation sites excluding steroid dienone is 20. The highest BCUT2D eigenvalue weighted by Crippen LogP contribution is 2.43. The van der Waals surface area contributed by atoms with E-state index in [1.165, 1.54) is 6.42 Å². The van der Waals surface area contributed by atoms with Crippen LogP contribution in [0.25, 0.3) is 0 Å². The van der Waals surface area contributed by atoms with Gasteiger partial charge in [-0.2, -0.15) is 0 Å². The summed E-state index contributed by atoms with van der Waals surface area (Å²) < 4.78 is 34.2. The zero-order valence-corrected chi connectivity index (χ0v) is 38.8. The lowest BCUT2D eigenvalue weighted by molar-refractivity contribution is -0.870. The number of quaternary nitrogens is 1. The van der Waals surface area contributed by atoms with Gasteiger partial charge in [-0.1, -0.05) is 148 Å². The number of nitrogens with zero attached hydrogens (tertiary/aromatic N) is 1. The number of esters is 2. The first-order valence-electron chi connectivity index (χ1n) is 22.3. The van der Waals surface area contributed by atoms with Crippen LogP contribution in [0.2, 0.25) is 0 Å². The Morgan fingerprint density at radius 1 is 0.533 bits per heavy atom. The highest BCUT2D eigenvalue weighted by molar-refractivity contribution is 7.47. The van der Waals surface area contributed by atoms with Crippen LogP contribution in [0.15, 0.2) is 122 Å². The predicted molar refractivity (Wildman–Crippen MR) is 251 cm³/mol. The molecular weight excluding hydrogens is 774 g/mol. The topological polar surface area (TPSA) is 108 Å². The fourth-order valence-electron chi connectivity index (χ4n) is 5.03. The van der Waals surface area contributed by atoms with Gasteiger partial charge in [0.1, 0.15) is 19.8 Å². The minimum atomic E-state index is -4.41. The SMILES string of the molecule is CC/C=C/C/C=C/C/C=C/C/C=C/C/C=C/C/C=C/CCC(=O)O[C@H](COC(=O)CCCCC/C=C/C/C=C/C/C=C/C/C=C/CCC)COP(=O)(O)OCC[N+](C)(C)C. The Bertz CT molecular complexity index is 1430. The third kappa shape index (κ3) is 44.0. The Hall–Kier alpha value is -3.59. The molecule has 0 fully saturated rings. The van der Waals surface area contributed by atoms with Gasteiger partial charge >= 0.3 is 19.8 Å². The molecule has 0 aromatic carbocycles. The molecule has 0 aromatic heterocycles. The van der Waals surface area contributed by atoms with E-state index in [9.17, 15) is 19.0 Å². The second-order valence-corrected chi connectivity index (χ2v) is 16.8. The van der Waals surface area contributed by atoms with Crippen LogP contribution in [-0.4, -0.2) is 74.9 Å². The van der Waals surface area contributed by atoms with Crippen LogP contribution in [0.1, 0.15) is 129 Å². The van der Waals surface area contributed by atoms with Gasteiger partial charge in [-0.05, 0) is 89.9 Å². The fourth-order valence-corrected chi connectivity index (χ4v) is 5.77. The monoisotopic (exact) mass is 855 g/mol. The molecule has 1 unspecified atom stereocenters. The molecule has 0 aliphatic heterocycles. The van der Waals surface area contributed by atoms with E-state index in [1.807, 2.05) is 33.3 Å². The summed E-state index contributed by atoms with van der Waals surface area (Å²) in [5, 5.41) is 0. The van der Waals surface area contributed by atoms with E-state index < -0.39 is 32.5 Å². The van der Waals surface area contributed by atoms with E-state index in [0.29, 0.717) is 23.9 Å². The molecule has 0 heterocycles. The first-order valence-corrected chi connectivity index (χ1v) is 23.8. The number of carbonyl (C=O) groups excluding carboxylic acids is 2. The third-order valence-electron chi connectivity index (χ3n) is 8.47. The second kappa shape index (κ2) is 40.8. The number of likely N-dealkylation sites (N-methyl/N-ethyl adjacent to an activating group) is 1. The van der Waals surface area contributed by atoms with Gasteiger partial charge < -0.3 is 18.9 Å². The Morgan fingerprint density at radius 3 is 1.45 bits per heavy atom. The number of phosphoric ester groups is 1. The van der Waals surface area contributed by atoms with Crippen LogP contribution in [0, 0.1) is 0 Å². The lowest BCUT2D eigenvalue weighted by Gasteiger charge is -2.24. The van der Waals surface area contributed by atoms with Gasteiger partial charge in [-0.15, -0.1) is 0 Å². The summed E-state index contributed by atoms with van der Waals surface area (Å²) in [6, 6.07) is 0. The maximum atomic E-state index is 12.7. The van der Waals surface area contributed by atoms with Crippen LogP contribution < -0.4 is 0 Å². The van der Waals surface area contributed by atoms with Crippen molar-refractivity contribution in [2.75, 3.05) is 47.5 Å². The Kier molecular flexibility index (Phi) is 38.4. The molecule has 338 valence electrons. The molecule has 0 aromatic rings. The summed E-state index contributed by atoms with van der Waals surface area (Å²) in [6.45, 7) is 4.08. The summed E-state index contributed by atoms with van der Waals surface area (Å²) >= 11 is 0. The first-order chi connectivity index (χ1) is 29.0. The Labute approximate surface area is 365 Å². The van der Waals surface area contributed by atoms with Crippen LogP contribution in [0.5, 0.6) is 0 Å². The largest absolute Gasteiger partial charge is 0.472 e. The number of phosphoric acid groups is 1. The van der Waals surface area contributed by atoms with E-state index in [2.05, 4.69) is 123 Å². The van der Waals surface area contributed by atoms with Crippen molar-refractivity contribution in [3.05, 3.63) is 122 Å². The summed E-state index contributed by atoms with van der Waals surface area (Å²) in [7, 11) is 1.39. The number of unbranched alkanes of at least 4 members (excludes halogenated alkanes) is 4. The minimum Gasteiger partial charge on any atom is -0.462 e. The second-order valence-electron chi connectivity index (χ2n) is 15.3. The van der Waals surface area contributed by atoms with Crippen LogP contribution >= 0.6 is 7.82 Å². The molecule has 0 spiro atoms. The molecule has 60 heavy (non-hydrogen) atoms. The van der Waals surface area contributed by atoms with Crippen LogP contribution in [-0.2, 0) is 32.7 Å². The third-order valence-corrected chi connectivity index (χ3v) is 9.45. The van der Waals surface area contributed by atoms with Gasteiger partial charge in [0.2, 0.25) is 0 Å². The molecule has 1 N–H and O–H groups in total. The molecule has 0 radical (unpaired) electrons. The first kappa shape index (κ1) is 56.4. The summed E-state index contributed by atoms with van der Waals surface area (Å²) in [6.07, 6.45) is 56.9. The van der Waals surface area contributed by atoms with Crippen molar-refractivity contribution in [3.63, 3.8) is 0 Å². The van der Waals surface area contributed by atoms with E-state index in [1.54, 1.807) is 0 Å².